The van der Waals surface area contributed by atoms with E-state index in [0.29, 0.717) is 10.9 Å². The molecule has 0 N–H and O–H groups in total. The number of aldehydes is 1. The highest BCUT2D eigenvalue weighted by molar-refractivity contribution is 7.98. The maximum Gasteiger partial charge on any atom is 0.460 e. The number of halogens is 9. The van der Waals surface area contributed by atoms with Crippen LogP contribution in [0.1, 0.15) is 44.9 Å². The first-order valence-electron chi connectivity index (χ1n) is 9.17. The highest BCUT2D eigenvalue weighted by atomic mass is 32.2. The monoisotopic (exact) mass is 512 g/mol. The van der Waals surface area contributed by atoms with Crippen molar-refractivity contribution >= 4 is 27.3 Å². The van der Waals surface area contributed by atoms with Crippen molar-refractivity contribution in [2.45, 2.75) is 73.5 Å². The zero-order valence-corrected chi connectivity index (χ0v) is 17.6. The third-order valence-electron chi connectivity index (χ3n) is 5.21. The van der Waals surface area contributed by atoms with Crippen molar-refractivity contribution in [1.29, 1.82) is 0 Å². The molecule has 1 aliphatic carbocycles. The number of rotatable bonds is 6. The van der Waals surface area contributed by atoms with Crippen molar-refractivity contribution in [3.63, 3.8) is 0 Å². The Morgan fingerprint density at radius 2 is 1.32 bits per heavy atom. The summed E-state index contributed by atoms with van der Waals surface area (Å²) in [6.07, 6.45) is 4.01. The van der Waals surface area contributed by atoms with E-state index in [1.807, 2.05) is 0 Å². The van der Waals surface area contributed by atoms with Crippen molar-refractivity contribution in [1.82, 2.24) is 0 Å². The van der Waals surface area contributed by atoms with Crippen molar-refractivity contribution in [3.05, 3.63) is 0 Å². The molecule has 4 nitrogen and oxygen atoms in total. The van der Waals surface area contributed by atoms with E-state index in [1.54, 1.807) is 0 Å². The van der Waals surface area contributed by atoms with Gasteiger partial charge in [-0.05, 0) is 43.0 Å². The van der Waals surface area contributed by atoms with Crippen LogP contribution in [-0.2, 0) is 25.8 Å². The molecule has 15 heteroatoms. The summed E-state index contributed by atoms with van der Waals surface area (Å²) in [6.45, 7) is 0. The van der Waals surface area contributed by atoms with Gasteiger partial charge >= 0.3 is 23.3 Å². The standard InChI is InChI=1S/C12H21OS.C4HF9O3S/c13-8-10-14-9-4-3-7-12(14)11-5-1-2-6-11;5-1(6,3(9,10)11)2(7,8)4(12,13)17(14,15)16/h8,11-12H,1-7,9-10H2;(H,14,15,16)/q+1;/p-1. The normalized spacial score (nSPS) is 24.5. The van der Waals surface area contributed by atoms with Gasteiger partial charge in [0.15, 0.2) is 22.2 Å². The lowest BCUT2D eigenvalue weighted by atomic mass is 9.99. The van der Waals surface area contributed by atoms with Gasteiger partial charge in [0, 0.05) is 5.92 Å². The molecule has 1 heterocycles. The van der Waals surface area contributed by atoms with Crippen molar-refractivity contribution < 1.29 is 57.3 Å². The summed E-state index contributed by atoms with van der Waals surface area (Å²) in [6, 6.07) is 0. The molecule has 0 aromatic rings. The minimum absolute atomic E-state index is 0.460. The summed E-state index contributed by atoms with van der Waals surface area (Å²) in [7, 11) is -6.96. The molecule has 2 fully saturated rings. The van der Waals surface area contributed by atoms with E-state index in [1.165, 1.54) is 50.7 Å². The third-order valence-corrected chi connectivity index (χ3v) is 8.95. The van der Waals surface area contributed by atoms with E-state index in [9.17, 15) is 57.3 Å². The predicted molar refractivity (Wildman–Crippen MR) is 93.4 cm³/mol. The fourth-order valence-corrected chi connectivity index (χ4v) is 6.83. The van der Waals surface area contributed by atoms with Crippen molar-refractivity contribution in [3.8, 4) is 0 Å². The Morgan fingerprint density at radius 3 is 1.74 bits per heavy atom. The zero-order chi connectivity index (χ0) is 24.3. The summed E-state index contributed by atoms with van der Waals surface area (Å²) in [5.74, 6) is -11.6. The number of carbonyl (C=O) groups is 1. The van der Waals surface area contributed by atoms with Gasteiger partial charge < -0.3 is 4.55 Å². The molecule has 2 rings (SSSR count). The lowest BCUT2D eigenvalue weighted by molar-refractivity contribution is -0.382. The van der Waals surface area contributed by atoms with Crippen LogP contribution in [0.2, 0.25) is 0 Å². The molecule has 0 radical (unpaired) electrons. The van der Waals surface area contributed by atoms with Gasteiger partial charge in [-0.15, -0.1) is 0 Å². The average molecular weight is 512 g/mol. The molecule has 1 saturated heterocycles. The fraction of sp³-hybridized carbons (Fsp3) is 0.938. The first-order chi connectivity index (χ1) is 13.9. The first-order valence-corrected chi connectivity index (χ1v) is 12.2. The van der Waals surface area contributed by atoms with Gasteiger partial charge in [-0.3, -0.25) is 4.79 Å². The number of hydrogen-bond donors (Lipinski definition) is 0. The zero-order valence-electron chi connectivity index (χ0n) is 15.9. The molecule has 0 spiro atoms. The molecule has 0 amide bonds. The van der Waals surface area contributed by atoms with E-state index in [0.717, 1.165) is 23.2 Å². The molecule has 0 aromatic carbocycles. The van der Waals surface area contributed by atoms with Crippen LogP contribution in [0.25, 0.3) is 0 Å². The van der Waals surface area contributed by atoms with Crippen LogP contribution >= 0.6 is 0 Å². The fourth-order valence-electron chi connectivity index (χ4n) is 3.60. The molecule has 31 heavy (non-hydrogen) atoms. The maximum absolute atomic E-state index is 12.2. The minimum atomic E-state index is -7.43. The van der Waals surface area contributed by atoms with Gasteiger partial charge in [-0.2, -0.15) is 39.5 Å². The quantitative estimate of drug-likeness (QED) is 0.227. The van der Waals surface area contributed by atoms with E-state index in [-0.39, 0.29) is 0 Å². The van der Waals surface area contributed by atoms with Crippen LogP contribution in [0.5, 0.6) is 0 Å². The number of hydrogen-bond acceptors (Lipinski definition) is 4. The third kappa shape index (κ3) is 6.01. The van der Waals surface area contributed by atoms with E-state index in [2.05, 4.69) is 0 Å². The average Bonchev–Trinajstić information content (AvgIpc) is 3.15. The van der Waals surface area contributed by atoms with Gasteiger partial charge in [0.05, 0.1) is 0 Å². The molecule has 2 atom stereocenters. The number of alkyl halides is 9. The molecule has 1 saturated carbocycles. The lowest BCUT2D eigenvalue weighted by Gasteiger charge is -2.34. The molecular formula is C16H21F9O4S2. The van der Waals surface area contributed by atoms with Crippen LogP contribution in [0.4, 0.5) is 39.5 Å². The lowest BCUT2D eigenvalue weighted by Crippen LogP contribution is -2.63. The van der Waals surface area contributed by atoms with Crippen molar-refractivity contribution in [2.24, 2.45) is 5.92 Å². The molecule has 1 aliphatic heterocycles. The van der Waals surface area contributed by atoms with Gasteiger partial charge in [-0.1, -0.05) is 12.8 Å². The van der Waals surface area contributed by atoms with Crippen LogP contribution in [0, 0.1) is 5.92 Å². The van der Waals surface area contributed by atoms with Gasteiger partial charge in [0.25, 0.3) is 0 Å². The van der Waals surface area contributed by atoms with E-state index >= 15 is 0 Å². The Bertz CT molecular complexity index is 704. The highest BCUT2D eigenvalue weighted by Crippen LogP contribution is 2.54. The summed E-state index contributed by atoms with van der Waals surface area (Å²) in [5.41, 5.74) is 0. The van der Waals surface area contributed by atoms with Crippen LogP contribution in [-0.4, -0.2) is 59.3 Å². The predicted octanol–water partition coefficient (Wildman–Crippen LogP) is 4.50. The summed E-state index contributed by atoms with van der Waals surface area (Å²) < 4.78 is 135. The smallest absolute Gasteiger partial charge is 0.460 e. The SMILES string of the molecule is O=CC[S+]1CCCCC1C1CCCC1.O=S(=O)([O-])C(F)(F)C(F)(F)C(F)(F)C(F)(F)F. The second-order valence-electron chi connectivity index (χ2n) is 7.27. The summed E-state index contributed by atoms with van der Waals surface area (Å²) in [4.78, 5) is 10.6. The topological polar surface area (TPSA) is 74.3 Å². The molecule has 0 aromatic heterocycles. The maximum atomic E-state index is 12.2. The van der Waals surface area contributed by atoms with Crippen LogP contribution in [0.15, 0.2) is 0 Å². The minimum Gasteiger partial charge on any atom is -0.743 e. The molecule has 2 unspecified atom stereocenters. The van der Waals surface area contributed by atoms with Crippen molar-refractivity contribution in [2.75, 3.05) is 11.5 Å². The Morgan fingerprint density at radius 1 is 0.839 bits per heavy atom. The van der Waals surface area contributed by atoms with Gasteiger partial charge in [0.1, 0.15) is 11.0 Å². The van der Waals surface area contributed by atoms with E-state index in [4.69, 9.17) is 0 Å². The Kier molecular flexibility index (Phi) is 9.19. The first kappa shape index (κ1) is 28.3. The van der Waals surface area contributed by atoms with Crippen LogP contribution in [0.3, 0.4) is 0 Å². The Balaban J connectivity index is 0.000000314. The van der Waals surface area contributed by atoms with Gasteiger partial charge in [0.2, 0.25) is 0 Å². The second-order valence-corrected chi connectivity index (χ2v) is 11.1. The molecular weight excluding hydrogens is 491 g/mol. The summed E-state index contributed by atoms with van der Waals surface area (Å²) >= 11 is 0. The second kappa shape index (κ2) is 10.1. The summed E-state index contributed by atoms with van der Waals surface area (Å²) in [5, 5.41) is -6.18. The van der Waals surface area contributed by atoms with E-state index < -0.39 is 33.4 Å². The Hall–Kier alpha value is -0.700. The van der Waals surface area contributed by atoms with Gasteiger partial charge in [-0.25, -0.2) is 8.42 Å². The molecule has 184 valence electrons. The van der Waals surface area contributed by atoms with Crippen LogP contribution < -0.4 is 0 Å². The molecule has 2 aliphatic rings. The largest absolute Gasteiger partial charge is 0.743 e. The highest BCUT2D eigenvalue weighted by Gasteiger charge is 2.83. The number of carbonyl (C=O) groups excluding carboxylic acids is 1. The Labute approximate surface area is 176 Å². The molecule has 0 bridgehead atoms.